The van der Waals surface area contributed by atoms with E-state index < -0.39 is 17.5 Å². The van der Waals surface area contributed by atoms with Crippen LogP contribution in [0.15, 0.2) is 24.7 Å². The topological polar surface area (TPSA) is 110 Å². The lowest BCUT2D eigenvalue weighted by molar-refractivity contribution is -0.145. The Labute approximate surface area is 185 Å². The fourth-order valence-electron chi connectivity index (χ4n) is 3.27. The minimum Gasteiger partial charge on any atom is -0.478 e. The van der Waals surface area contributed by atoms with Crippen LogP contribution in [-0.2, 0) is 20.8 Å². The summed E-state index contributed by atoms with van der Waals surface area (Å²) in [6.07, 6.45) is 7.72. The van der Waals surface area contributed by atoms with Crippen molar-refractivity contribution in [2.75, 3.05) is 13.2 Å². The number of ether oxygens (including phenoxy) is 3. The summed E-state index contributed by atoms with van der Waals surface area (Å²) in [6.45, 7) is 7.58. The Morgan fingerprint density at radius 2 is 1.97 bits per heavy atom. The lowest BCUT2D eigenvalue weighted by Gasteiger charge is -2.18. The number of nitrogens with zero attached hydrogens (tertiary/aromatic N) is 5. The zero-order valence-electron chi connectivity index (χ0n) is 18.7. The molecule has 0 saturated heterocycles. The number of hydrogen-bond donors (Lipinski definition) is 0. The molecule has 0 amide bonds. The van der Waals surface area contributed by atoms with Crippen LogP contribution in [0.4, 0.5) is 0 Å². The number of imidazole rings is 1. The molecule has 0 spiro atoms. The van der Waals surface area contributed by atoms with Crippen LogP contribution in [0.5, 0.6) is 5.75 Å². The number of aromatic nitrogens is 5. The van der Waals surface area contributed by atoms with Gasteiger partial charge in [-0.15, -0.1) is 5.10 Å². The summed E-state index contributed by atoms with van der Waals surface area (Å²) in [4.78, 5) is 28.6. The molecule has 170 valence electrons. The van der Waals surface area contributed by atoms with Gasteiger partial charge in [-0.25, -0.2) is 19.3 Å². The van der Waals surface area contributed by atoms with Gasteiger partial charge >= 0.3 is 11.9 Å². The Morgan fingerprint density at radius 1 is 1.19 bits per heavy atom. The predicted octanol–water partition coefficient (Wildman–Crippen LogP) is 2.75. The highest BCUT2D eigenvalue weighted by Gasteiger charge is 2.26. The smallest absolute Gasteiger partial charge is 0.361 e. The van der Waals surface area contributed by atoms with E-state index in [0.29, 0.717) is 36.2 Å². The molecule has 0 N–H and O–H groups in total. The van der Waals surface area contributed by atoms with Crippen LogP contribution in [0, 0.1) is 0 Å². The molecule has 1 fully saturated rings. The molecule has 0 aliphatic heterocycles. The summed E-state index contributed by atoms with van der Waals surface area (Å²) in [7, 11) is 0. The number of hydrogen-bond acceptors (Lipinski definition) is 8. The van der Waals surface area contributed by atoms with E-state index in [-0.39, 0.29) is 12.3 Å². The van der Waals surface area contributed by atoms with Crippen LogP contribution in [0.2, 0.25) is 0 Å². The van der Waals surface area contributed by atoms with E-state index in [4.69, 9.17) is 14.2 Å². The first kappa shape index (κ1) is 21.8. The second-order valence-electron chi connectivity index (χ2n) is 8.77. The van der Waals surface area contributed by atoms with Crippen molar-refractivity contribution in [3.05, 3.63) is 41.6 Å². The van der Waals surface area contributed by atoms with E-state index in [1.54, 1.807) is 27.7 Å². The van der Waals surface area contributed by atoms with Crippen molar-refractivity contribution in [2.24, 2.45) is 0 Å². The molecule has 3 aromatic heterocycles. The summed E-state index contributed by atoms with van der Waals surface area (Å²) in [5.74, 6) is 0.0812. The normalized spacial score (nSPS) is 13.9. The highest BCUT2D eigenvalue weighted by Crippen LogP contribution is 2.41. The second-order valence-corrected chi connectivity index (χ2v) is 8.77. The molecule has 1 aliphatic carbocycles. The minimum absolute atomic E-state index is 0.137. The zero-order chi connectivity index (χ0) is 22.9. The molecule has 0 radical (unpaired) electrons. The summed E-state index contributed by atoms with van der Waals surface area (Å²) in [5.41, 5.74) is 1.98. The lowest BCUT2D eigenvalue weighted by Crippen LogP contribution is -2.24. The summed E-state index contributed by atoms with van der Waals surface area (Å²) in [6, 6.07) is 1.94. The quantitative estimate of drug-likeness (QED) is 0.491. The standard InChI is InChI=1S/C22H27N5O5/c1-5-30-19(28)13-31-18-8-15(14-6-7-14)9-26-10-16(23-20(18)26)11-27-12-17(24-25-27)21(29)32-22(2,3)4/h8-10,12,14H,5-7,11,13H2,1-4H3. The first-order valence-corrected chi connectivity index (χ1v) is 10.7. The average Bonchev–Trinajstić information content (AvgIpc) is 3.32. The Hall–Kier alpha value is -3.43. The summed E-state index contributed by atoms with van der Waals surface area (Å²) >= 11 is 0. The van der Waals surface area contributed by atoms with Gasteiger partial charge in [-0.2, -0.15) is 0 Å². The highest BCUT2D eigenvalue weighted by atomic mass is 16.6. The van der Waals surface area contributed by atoms with Gasteiger partial charge in [-0.1, -0.05) is 5.21 Å². The van der Waals surface area contributed by atoms with Crippen molar-refractivity contribution < 1.29 is 23.8 Å². The van der Waals surface area contributed by atoms with Gasteiger partial charge in [0.2, 0.25) is 0 Å². The number of carbonyl (C=O) groups excluding carboxylic acids is 2. The monoisotopic (exact) mass is 441 g/mol. The molecule has 1 aliphatic rings. The molecule has 1 saturated carbocycles. The van der Waals surface area contributed by atoms with Crippen molar-refractivity contribution in [3.63, 3.8) is 0 Å². The Bertz CT molecular complexity index is 1140. The van der Waals surface area contributed by atoms with Crippen LogP contribution in [0.1, 0.15) is 68.2 Å². The van der Waals surface area contributed by atoms with E-state index in [1.165, 1.54) is 10.9 Å². The van der Waals surface area contributed by atoms with Gasteiger partial charge in [0.25, 0.3) is 0 Å². The molecule has 10 heteroatoms. The first-order valence-electron chi connectivity index (χ1n) is 10.7. The van der Waals surface area contributed by atoms with E-state index in [2.05, 4.69) is 15.3 Å². The molecule has 0 atom stereocenters. The first-order chi connectivity index (χ1) is 15.2. The summed E-state index contributed by atoms with van der Waals surface area (Å²) < 4.78 is 19.5. The van der Waals surface area contributed by atoms with Gasteiger partial charge < -0.3 is 18.6 Å². The van der Waals surface area contributed by atoms with Gasteiger partial charge in [0, 0.05) is 12.4 Å². The number of esters is 2. The van der Waals surface area contributed by atoms with E-state index in [0.717, 1.165) is 18.4 Å². The van der Waals surface area contributed by atoms with Crippen LogP contribution in [0.25, 0.3) is 5.65 Å². The second kappa shape index (κ2) is 8.60. The van der Waals surface area contributed by atoms with Crippen LogP contribution >= 0.6 is 0 Å². The molecule has 4 rings (SSSR count). The fourth-order valence-corrected chi connectivity index (χ4v) is 3.27. The molecule has 3 heterocycles. The fraction of sp³-hybridized carbons (Fsp3) is 0.500. The molecule has 3 aromatic rings. The molecule has 0 unspecified atom stereocenters. The van der Waals surface area contributed by atoms with Crippen molar-refractivity contribution in [1.29, 1.82) is 0 Å². The van der Waals surface area contributed by atoms with E-state index in [9.17, 15) is 9.59 Å². The van der Waals surface area contributed by atoms with E-state index >= 15 is 0 Å². The van der Waals surface area contributed by atoms with Crippen LogP contribution < -0.4 is 4.74 Å². The van der Waals surface area contributed by atoms with Crippen molar-refractivity contribution >= 4 is 17.6 Å². The van der Waals surface area contributed by atoms with Crippen molar-refractivity contribution in [1.82, 2.24) is 24.4 Å². The zero-order valence-corrected chi connectivity index (χ0v) is 18.7. The minimum atomic E-state index is -0.609. The number of carbonyl (C=O) groups is 2. The third kappa shape index (κ3) is 5.24. The van der Waals surface area contributed by atoms with Crippen molar-refractivity contribution in [2.45, 2.75) is 58.6 Å². The van der Waals surface area contributed by atoms with Gasteiger partial charge in [0.15, 0.2) is 23.7 Å². The van der Waals surface area contributed by atoms with Gasteiger partial charge in [0.05, 0.1) is 25.0 Å². The largest absolute Gasteiger partial charge is 0.478 e. The average molecular weight is 441 g/mol. The van der Waals surface area contributed by atoms with Gasteiger partial charge in [-0.05, 0) is 58.1 Å². The van der Waals surface area contributed by atoms with Gasteiger partial charge in [0.1, 0.15) is 5.60 Å². The Morgan fingerprint density at radius 3 is 2.66 bits per heavy atom. The third-order valence-electron chi connectivity index (χ3n) is 4.76. The lowest BCUT2D eigenvalue weighted by atomic mass is 10.2. The molecular formula is C22H27N5O5. The van der Waals surface area contributed by atoms with Crippen molar-refractivity contribution in [3.8, 4) is 5.75 Å². The maximum atomic E-state index is 12.2. The molecule has 10 nitrogen and oxygen atoms in total. The Kier molecular flexibility index (Phi) is 5.86. The third-order valence-corrected chi connectivity index (χ3v) is 4.76. The maximum absolute atomic E-state index is 12.2. The van der Waals surface area contributed by atoms with Crippen LogP contribution in [0.3, 0.4) is 0 Å². The highest BCUT2D eigenvalue weighted by molar-refractivity contribution is 5.87. The number of rotatable bonds is 8. The van der Waals surface area contributed by atoms with Crippen LogP contribution in [-0.4, -0.2) is 55.1 Å². The molecule has 32 heavy (non-hydrogen) atoms. The number of fused-ring (bicyclic) bond motifs is 1. The predicted molar refractivity (Wildman–Crippen MR) is 114 cm³/mol. The number of pyridine rings is 1. The van der Waals surface area contributed by atoms with E-state index in [1.807, 2.05) is 22.9 Å². The maximum Gasteiger partial charge on any atom is 0.361 e. The molecule has 0 aromatic carbocycles. The summed E-state index contributed by atoms with van der Waals surface area (Å²) in [5, 5.41) is 7.92. The Balaban J connectivity index is 1.54. The SMILES string of the molecule is CCOC(=O)COc1cc(C2CC2)cn2cc(Cn3cc(C(=O)OC(C)(C)C)nn3)nc12. The molecule has 0 bridgehead atoms. The van der Waals surface area contributed by atoms with Gasteiger partial charge in [-0.3, -0.25) is 0 Å². The molecular weight excluding hydrogens is 414 g/mol.